The summed E-state index contributed by atoms with van der Waals surface area (Å²) in [4.78, 5) is 12.7. The van der Waals surface area contributed by atoms with Gasteiger partial charge in [-0.3, -0.25) is 4.79 Å². The number of rotatable bonds is 4. The molecule has 6 heteroatoms. The summed E-state index contributed by atoms with van der Waals surface area (Å²) >= 11 is 0. The molecule has 4 bridgehead atoms. The van der Waals surface area contributed by atoms with E-state index in [0.717, 1.165) is 35.5 Å². The highest BCUT2D eigenvalue weighted by Crippen LogP contribution is 2.59. The Kier molecular flexibility index (Phi) is 3.62. The molecule has 1 N–H and O–H groups in total. The Morgan fingerprint density at radius 3 is 2.46 bits per heavy atom. The van der Waals surface area contributed by atoms with Crippen LogP contribution in [0.5, 0.6) is 0 Å². The van der Waals surface area contributed by atoms with Crippen molar-refractivity contribution < 1.29 is 4.79 Å². The lowest BCUT2D eigenvalue weighted by atomic mass is 9.49. The largest absolute Gasteiger partial charge is 0.351 e. The number of tetrazole rings is 1. The summed E-state index contributed by atoms with van der Waals surface area (Å²) in [6.07, 6.45) is 9.82. The zero-order valence-electron chi connectivity index (χ0n) is 15.2. The molecule has 6 nitrogen and oxygen atoms in total. The molecule has 4 fully saturated rings. The number of carbonyl (C=O) groups excluding carboxylic acids is 1. The molecule has 4 aliphatic rings. The van der Waals surface area contributed by atoms with Crippen LogP contribution in [0.25, 0.3) is 5.69 Å². The van der Waals surface area contributed by atoms with Crippen molar-refractivity contribution in [3.05, 3.63) is 35.7 Å². The number of benzene rings is 1. The number of nitrogens with zero attached hydrogens (tertiary/aromatic N) is 4. The van der Waals surface area contributed by atoms with Gasteiger partial charge in [-0.2, -0.15) is 0 Å². The van der Waals surface area contributed by atoms with Gasteiger partial charge in [-0.05, 0) is 103 Å². The third kappa shape index (κ3) is 2.72. The lowest BCUT2D eigenvalue weighted by Crippen LogP contribution is -2.51. The van der Waals surface area contributed by atoms with Gasteiger partial charge in [0.25, 0.3) is 5.91 Å². The van der Waals surface area contributed by atoms with Gasteiger partial charge in [-0.1, -0.05) is 0 Å². The molecular weight excluding hydrogens is 326 g/mol. The first-order valence-electron chi connectivity index (χ1n) is 9.72. The molecule has 4 saturated carbocycles. The number of carbonyl (C=O) groups is 1. The molecule has 1 amide bonds. The van der Waals surface area contributed by atoms with Crippen LogP contribution in [0.15, 0.2) is 24.5 Å². The summed E-state index contributed by atoms with van der Waals surface area (Å²) in [6, 6.07) is 5.69. The van der Waals surface area contributed by atoms with Crippen molar-refractivity contribution in [2.75, 3.05) is 6.54 Å². The number of aromatic nitrogens is 4. The van der Waals surface area contributed by atoms with Crippen LogP contribution in [0.2, 0.25) is 0 Å². The minimum Gasteiger partial charge on any atom is -0.351 e. The smallest absolute Gasteiger partial charge is 0.251 e. The second-order valence-electron chi connectivity index (χ2n) is 8.86. The van der Waals surface area contributed by atoms with Gasteiger partial charge >= 0.3 is 0 Å². The second-order valence-corrected chi connectivity index (χ2v) is 8.86. The van der Waals surface area contributed by atoms with Crippen LogP contribution < -0.4 is 5.32 Å². The highest BCUT2D eigenvalue weighted by atomic mass is 16.1. The molecule has 136 valence electrons. The molecule has 0 aliphatic heterocycles. The van der Waals surface area contributed by atoms with Gasteiger partial charge in [0.05, 0.1) is 5.69 Å². The van der Waals surface area contributed by atoms with E-state index in [9.17, 15) is 4.79 Å². The zero-order valence-corrected chi connectivity index (χ0v) is 15.2. The number of amides is 1. The Morgan fingerprint density at radius 2 is 1.88 bits per heavy atom. The maximum Gasteiger partial charge on any atom is 0.251 e. The van der Waals surface area contributed by atoms with E-state index in [0.29, 0.717) is 11.0 Å². The van der Waals surface area contributed by atoms with Gasteiger partial charge in [0.15, 0.2) is 0 Å². The van der Waals surface area contributed by atoms with Gasteiger partial charge in [-0.15, -0.1) is 5.10 Å². The average molecular weight is 351 g/mol. The predicted molar refractivity (Wildman–Crippen MR) is 96.8 cm³/mol. The maximum atomic E-state index is 12.7. The molecule has 1 heterocycles. The molecule has 4 aliphatic carbocycles. The van der Waals surface area contributed by atoms with Crippen LogP contribution in [-0.2, 0) is 0 Å². The Hall–Kier alpha value is -2.24. The van der Waals surface area contributed by atoms with Crippen LogP contribution in [0.3, 0.4) is 0 Å². The fourth-order valence-electron chi connectivity index (χ4n) is 6.20. The van der Waals surface area contributed by atoms with Crippen molar-refractivity contribution in [1.82, 2.24) is 25.5 Å². The van der Waals surface area contributed by atoms with Crippen molar-refractivity contribution in [1.29, 1.82) is 0 Å². The zero-order chi connectivity index (χ0) is 17.7. The SMILES string of the molecule is Cc1cc(C(=O)NCC23CC4CC(CC(C4)C2)C3)ccc1-n1cnnn1. The topological polar surface area (TPSA) is 72.7 Å². The minimum absolute atomic E-state index is 0.0344. The number of nitrogens with one attached hydrogen (secondary N) is 1. The van der Waals surface area contributed by atoms with Crippen molar-refractivity contribution in [3.8, 4) is 5.69 Å². The van der Waals surface area contributed by atoms with Crippen molar-refractivity contribution >= 4 is 5.91 Å². The van der Waals surface area contributed by atoms with Crippen LogP contribution in [0.1, 0.15) is 54.4 Å². The van der Waals surface area contributed by atoms with E-state index in [-0.39, 0.29) is 5.91 Å². The molecule has 0 spiro atoms. The van der Waals surface area contributed by atoms with E-state index in [1.54, 1.807) is 11.0 Å². The summed E-state index contributed by atoms with van der Waals surface area (Å²) in [6.45, 7) is 2.82. The first kappa shape index (κ1) is 16.0. The van der Waals surface area contributed by atoms with Crippen LogP contribution in [-0.4, -0.2) is 32.7 Å². The van der Waals surface area contributed by atoms with E-state index in [1.807, 2.05) is 25.1 Å². The summed E-state index contributed by atoms with van der Waals surface area (Å²) in [5, 5.41) is 14.5. The molecule has 0 saturated heterocycles. The van der Waals surface area contributed by atoms with Gasteiger partial charge in [0, 0.05) is 12.1 Å². The number of aryl methyl sites for hydroxylation is 1. The van der Waals surface area contributed by atoms with Crippen molar-refractivity contribution in [3.63, 3.8) is 0 Å². The van der Waals surface area contributed by atoms with Gasteiger partial charge in [0.1, 0.15) is 6.33 Å². The first-order chi connectivity index (χ1) is 12.6. The number of hydrogen-bond donors (Lipinski definition) is 1. The summed E-state index contributed by atoms with van der Waals surface area (Å²) < 4.78 is 1.62. The van der Waals surface area contributed by atoms with Crippen molar-refractivity contribution in [2.45, 2.75) is 45.4 Å². The van der Waals surface area contributed by atoms with Crippen LogP contribution in [0, 0.1) is 30.1 Å². The fourth-order valence-corrected chi connectivity index (χ4v) is 6.20. The maximum absolute atomic E-state index is 12.7. The number of hydrogen-bond acceptors (Lipinski definition) is 4. The highest BCUT2D eigenvalue weighted by Gasteiger charge is 2.50. The normalized spacial score (nSPS) is 32.0. The third-order valence-corrected chi connectivity index (χ3v) is 6.84. The van der Waals surface area contributed by atoms with Crippen LogP contribution >= 0.6 is 0 Å². The Bertz CT molecular complexity index is 793. The minimum atomic E-state index is 0.0344. The second kappa shape index (κ2) is 5.89. The molecule has 0 unspecified atom stereocenters. The van der Waals surface area contributed by atoms with E-state index in [2.05, 4.69) is 20.8 Å². The third-order valence-electron chi connectivity index (χ3n) is 6.84. The monoisotopic (exact) mass is 351 g/mol. The molecule has 0 atom stereocenters. The molecule has 26 heavy (non-hydrogen) atoms. The van der Waals surface area contributed by atoms with Crippen LogP contribution in [0.4, 0.5) is 0 Å². The Labute approximate surface area is 153 Å². The standard InChI is InChI=1S/C20H25N5O/c1-13-4-17(2-3-18(13)25-12-22-23-24-25)19(26)21-11-20-8-14-5-15(9-20)7-16(6-14)10-20/h2-4,12,14-16H,5-11H2,1H3,(H,21,26). The average Bonchev–Trinajstić information content (AvgIpc) is 3.13. The van der Waals surface area contributed by atoms with Gasteiger partial charge < -0.3 is 5.32 Å². The molecule has 2 aromatic rings. The lowest BCUT2D eigenvalue weighted by molar-refractivity contribution is -0.0503. The molecule has 1 aromatic carbocycles. The summed E-state index contributed by atoms with van der Waals surface area (Å²) in [5.41, 5.74) is 2.96. The van der Waals surface area contributed by atoms with E-state index in [1.165, 1.54) is 38.5 Å². The fraction of sp³-hybridized carbons (Fsp3) is 0.600. The van der Waals surface area contributed by atoms with E-state index >= 15 is 0 Å². The summed E-state index contributed by atoms with van der Waals surface area (Å²) in [7, 11) is 0. The lowest BCUT2D eigenvalue weighted by Gasteiger charge is -2.56. The quantitative estimate of drug-likeness (QED) is 0.919. The summed E-state index contributed by atoms with van der Waals surface area (Å²) in [5.74, 6) is 2.77. The first-order valence-corrected chi connectivity index (χ1v) is 9.72. The molecule has 1 aromatic heterocycles. The highest BCUT2D eigenvalue weighted by molar-refractivity contribution is 5.94. The molecule has 6 rings (SSSR count). The molecule has 0 radical (unpaired) electrons. The van der Waals surface area contributed by atoms with E-state index in [4.69, 9.17) is 0 Å². The van der Waals surface area contributed by atoms with E-state index < -0.39 is 0 Å². The predicted octanol–water partition coefficient (Wildman–Crippen LogP) is 2.92. The van der Waals surface area contributed by atoms with Gasteiger partial charge in [-0.25, -0.2) is 4.68 Å². The Balaban J connectivity index is 1.28. The van der Waals surface area contributed by atoms with Crippen molar-refractivity contribution in [2.24, 2.45) is 23.2 Å². The van der Waals surface area contributed by atoms with Gasteiger partial charge in [0.2, 0.25) is 0 Å². The Morgan fingerprint density at radius 1 is 1.19 bits per heavy atom. The molecular formula is C20H25N5O.